The lowest BCUT2D eigenvalue weighted by atomic mass is 10.00. The summed E-state index contributed by atoms with van der Waals surface area (Å²) in [5, 5.41) is 7.44. The Labute approximate surface area is 405 Å². The number of halogens is 1. The molecule has 12 nitrogen and oxygen atoms in total. The molecule has 7 heterocycles. The number of nitrogens with one attached hydrogen (secondary N) is 3. The number of H-pyrrole nitrogens is 1. The number of aromatic nitrogens is 3. The van der Waals surface area contributed by atoms with Crippen molar-refractivity contribution in [2.24, 2.45) is 5.92 Å². The molecule has 0 aliphatic carbocycles. The zero-order chi connectivity index (χ0) is 47.1. The summed E-state index contributed by atoms with van der Waals surface area (Å²) < 4.78 is 20.5. The van der Waals surface area contributed by atoms with Gasteiger partial charge in [-0.15, -0.1) is 0 Å². The molecule has 3 saturated heterocycles. The van der Waals surface area contributed by atoms with E-state index in [9.17, 15) is 0 Å². The minimum atomic E-state index is -0.240. The van der Waals surface area contributed by atoms with Gasteiger partial charge in [-0.25, -0.2) is 8.70 Å². The Morgan fingerprint density at radius 3 is 2.49 bits per heavy atom. The maximum Gasteiger partial charge on any atom is 0.231 e. The van der Waals surface area contributed by atoms with Crippen molar-refractivity contribution in [3.05, 3.63) is 146 Å². The second-order valence-corrected chi connectivity index (χ2v) is 19.8. The fraction of sp³-hybridized carbons (Fsp3) is 0.370. The van der Waals surface area contributed by atoms with Gasteiger partial charge in [0.15, 0.2) is 5.82 Å². The lowest BCUT2D eigenvalue weighted by molar-refractivity contribution is 0.0965. The monoisotopic (exact) mass is 933 g/mol. The van der Waals surface area contributed by atoms with Crippen LogP contribution in [0.4, 0.5) is 44.6 Å². The molecule has 2 aromatic heterocycles. The van der Waals surface area contributed by atoms with Crippen LogP contribution in [0.2, 0.25) is 0 Å². The van der Waals surface area contributed by atoms with Crippen LogP contribution in [-0.2, 0) is 6.42 Å². The lowest BCUT2D eigenvalue weighted by Crippen LogP contribution is -2.53. The van der Waals surface area contributed by atoms with Crippen LogP contribution in [0.25, 0.3) is 16.7 Å². The maximum atomic E-state index is 15.9. The van der Waals surface area contributed by atoms with Gasteiger partial charge in [-0.05, 0) is 105 Å². The highest BCUT2D eigenvalue weighted by Gasteiger charge is 2.37. The summed E-state index contributed by atoms with van der Waals surface area (Å²) in [7, 11) is 0. The van der Waals surface area contributed by atoms with Crippen LogP contribution >= 0.6 is 12.1 Å². The van der Waals surface area contributed by atoms with Crippen LogP contribution in [0.15, 0.2) is 124 Å². The highest BCUT2D eigenvalue weighted by Crippen LogP contribution is 2.54. The van der Waals surface area contributed by atoms with Crippen molar-refractivity contribution in [1.29, 1.82) is 0 Å². The van der Waals surface area contributed by atoms with Crippen LogP contribution in [0.3, 0.4) is 0 Å². The molecule has 0 bridgehead atoms. The Morgan fingerprint density at radius 1 is 0.926 bits per heavy atom. The molecule has 0 radical (unpaired) electrons. The number of anilines is 7. The fourth-order valence-corrected chi connectivity index (χ4v) is 12.2. The quantitative estimate of drug-likeness (QED) is 0.0776. The first kappa shape index (κ1) is 45.4. The zero-order valence-electron chi connectivity index (χ0n) is 39.7. The van der Waals surface area contributed by atoms with Crippen molar-refractivity contribution >= 4 is 69.1 Å². The van der Waals surface area contributed by atoms with Gasteiger partial charge in [-0.1, -0.05) is 64.4 Å². The molecule has 354 valence electrons. The van der Waals surface area contributed by atoms with Crippen molar-refractivity contribution in [1.82, 2.24) is 35.0 Å². The molecule has 0 spiro atoms. The van der Waals surface area contributed by atoms with Gasteiger partial charge in [-0.2, -0.15) is 9.97 Å². The van der Waals surface area contributed by atoms with Gasteiger partial charge in [0.25, 0.3) is 0 Å². The summed E-state index contributed by atoms with van der Waals surface area (Å²) in [6.45, 7) is 34.4. The molecule has 2 atom stereocenters. The van der Waals surface area contributed by atoms with Gasteiger partial charge in [0.1, 0.15) is 11.5 Å². The molecular formula is C54H65FN12S. The fourth-order valence-electron chi connectivity index (χ4n) is 11.1. The van der Waals surface area contributed by atoms with Gasteiger partial charge in [0.05, 0.1) is 40.6 Å². The van der Waals surface area contributed by atoms with Gasteiger partial charge in [0, 0.05) is 111 Å². The predicted molar refractivity (Wildman–Crippen MR) is 282 cm³/mol. The highest BCUT2D eigenvalue weighted by atomic mass is 32.2. The second-order valence-electron chi connectivity index (χ2n) is 18.8. The smallest absolute Gasteiger partial charge is 0.231 e. The largest absolute Gasteiger partial charge is 0.372 e. The number of rotatable bonds is 17. The Morgan fingerprint density at radius 2 is 1.74 bits per heavy atom. The molecular weight excluding hydrogens is 868 g/mol. The summed E-state index contributed by atoms with van der Waals surface area (Å²) >= 11 is 1.67. The summed E-state index contributed by atoms with van der Waals surface area (Å²) in [4.78, 5) is 25.0. The van der Waals surface area contributed by atoms with Crippen molar-refractivity contribution in [2.45, 2.75) is 64.5 Å². The third-order valence-corrected chi connectivity index (χ3v) is 15.9. The summed E-state index contributed by atoms with van der Waals surface area (Å²) in [6, 6.07) is 21.2. The van der Waals surface area contributed by atoms with Crippen LogP contribution < -0.4 is 29.0 Å². The van der Waals surface area contributed by atoms with Crippen LogP contribution in [0.1, 0.15) is 55.7 Å². The lowest BCUT2D eigenvalue weighted by Gasteiger charge is -2.44. The zero-order valence-corrected chi connectivity index (χ0v) is 40.5. The second kappa shape index (κ2) is 19.3. The molecule has 14 heteroatoms. The molecule has 0 saturated carbocycles. The summed E-state index contributed by atoms with van der Waals surface area (Å²) in [5.41, 5.74) is 12.4. The molecule has 5 aliphatic heterocycles. The number of aromatic amines is 1. The molecule has 5 aliphatic rings. The minimum absolute atomic E-state index is 0.0320. The maximum absolute atomic E-state index is 15.9. The third-order valence-electron chi connectivity index (χ3n) is 14.8. The topological polar surface area (TPSA) is 88.3 Å². The highest BCUT2D eigenvalue weighted by molar-refractivity contribution is 8.02. The molecule has 3 aromatic carbocycles. The number of aryl methyl sites for hydroxylation is 1. The van der Waals surface area contributed by atoms with Gasteiger partial charge in [0.2, 0.25) is 5.95 Å². The molecule has 68 heavy (non-hydrogen) atoms. The SMILES string of the molecule is C=CNC(=C)C(CCC)N(C=C)C(=C)c1ccc(N2CCC(C(=C)N3CCN(C4CCN(c5ccc(Nc6nc(N7SN8CCc9cccc7c98)c7cc[nH]c7n6)cc5F)CC4)CC3)C2)cc1C. The Balaban J connectivity index is 0.703. The number of hydrogen-bond acceptors (Lipinski definition) is 12. The average molecular weight is 933 g/mol. The first-order valence-corrected chi connectivity index (χ1v) is 25.1. The summed E-state index contributed by atoms with van der Waals surface area (Å²) in [6.07, 6.45) is 11.5. The van der Waals surface area contributed by atoms with E-state index in [0.717, 1.165) is 137 Å². The van der Waals surface area contributed by atoms with Crippen LogP contribution in [0.5, 0.6) is 0 Å². The van der Waals surface area contributed by atoms with E-state index in [0.29, 0.717) is 29.3 Å². The molecule has 3 N–H and O–H groups in total. The third kappa shape index (κ3) is 8.68. The summed E-state index contributed by atoms with van der Waals surface area (Å²) in [5.74, 6) is 1.41. The molecule has 0 amide bonds. The number of fused-ring (bicyclic) bond motifs is 1. The number of benzene rings is 3. The van der Waals surface area contributed by atoms with Gasteiger partial charge < -0.3 is 35.2 Å². The van der Waals surface area contributed by atoms with E-state index < -0.39 is 0 Å². The normalized spacial score (nSPS) is 18.8. The van der Waals surface area contributed by atoms with E-state index in [-0.39, 0.29) is 11.9 Å². The predicted octanol–water partition coefficient (Wildman–Crippen LogP) is 10.7. The Kier molecular flexibility index (Phi) is 12.9. The average Bonchev–Trinajstić information content (AvgIpc) is 4.19. The van der Waals surface area contributed by atoms with E-state index in [1.165, 1.54) is 28.2 Å². The minimum Gasteiger partial charge on any atom is -0.372 e. The number of para-hydroxylation sites is 1. The van der Waals surface area contributed by atoms with E-state index in [1.807, 2.05) is 30.6 Å². The Hall–Kier alpha value is -6.38. The van der Waals surface area contributed by atoms with Gasteiger partial charge >= 0.3 is 0 Å². The molecule has 3 fully saturated rings. The van der Waals surface area contributed by atoms with E-state index >= 15 is 4.39 Å². The van der Waals surface area contributed by atoms with Crippen LogP contribution in [-0.4, -0.2) is 101 Å². The first-order chi connectivity index (χ1) is 33.1. The van der Waals surface area contributed by atoms with Crippen molar-refractivity contribution in [2.75, 3.05) is 82.6 Å². The van der Waals surface area contributed by atoms with Crippen LogP contribution in [0, 0.1) is 18.7 Å². The van der Waals surface area contributed by atoms with Crippen molar-refractivity contribution in [3.8, 4) is 0 Å². The van der Waals surface area contributed by atoms with E-state index in [1.54, 1.807) is 24.4 Å². The Bertz CT molecular complexity index is 2730. The molecule has 10 rings (SSSR count). The van der Waals surface area contributed by atoms with E-state index in [4.69, 9.17) is 9.97 Å². The van der Waals surface area contributed by atoms with Gasteiger partial charge in [-0.3, -0.25) is 9.21 Å². The molecule has 2 unspecified atom stereocenters. The van der Waals surface area contributed by atoms with Crippen molar-refractivity contribution in [3.63, 3.8) is 0 Å². The number of piperazine rings is 1. The number of hydrogen-bond donors (Lipinski definition) is 3. The number of piperidine rings is 1. The first-order valence-electron chi connectivity index (χ1n) is 24.4. The van der Waals surface area contributed by atoms with E-state index in [2.05, 4.69) is 132 Å². The van der Waals surface area contributed by atoms with Crippen molar-refractivity contribution < 1.29 is 4.39 Å². The molecule has 5 aromatic rings. The standard InChI is InChI=1S/C54H65FN12S/c1-8-12-48(37(5)56-9-2)65(10-3)39(7)45-17-16-44(33-36(45)4)64-25-20-41(35-64)38(6)61-29-31-62(32-30-61)43-22-26-63(27-23-43)49-18-15-42(34-47(49)55)58-54-59-52-46(19-24-57-52)53(60-54)67-50-14-11-13-40-21-28-66(68-67)51(40)50/h9-11,13-19,24,33-34,41,43,48,56H,2-3,5-8,12,20-23,25-32,35H2,1,4H3,(H2,57,58,59,60). The number of nitrogens with zero attached hydrogens (tertiary/aromatic N) is 9.